The molecule has 7 nitrogen and oxygen atoms in total. The van der Waals surface area contributed by atoms with E-state index in [2.05, 4.69) is 9.64 Å². The Kier molecular flexibility index (Phi) is 5.13. The number of hydrogen-bond donors (Lipinski definition) is 1. The highest BCUT2D eigenvalue weighted by Crippen LogP contribution is 2.41. The van der Waals surface area contributed by atoms with E-state index in [1.54, 1.807) is 0 Å². The van der Waals surface area contributed by atoms with Crippen molar-refractivity contribution < 1.29 is 27.8 Å². The molecule has 162 valence electrons. The summed E-state index contributed by atoms with van der Waals surface area (Å²) in [5.74, 6) is -4.65. The van der Waals surface area contributed by atoms with Crippen molar-refractivity contribution in [1.29, 1.82) is 0 Å². The minimum absolute atomic E-state index is 0.241. The van der Waals surface area contributed by atoms with Crippen molar-refractivity contribution in [3.8, 4) is 5.75 Å². The number of fused-ring (bicyclic) bond motifs is 1. The Morgan fingerprint density at radius 3 is 2.27 bits per heavy atom. The second-order valence-corrected chi connectivity index (χ2v) is 7.96. The standard InChI is InChI=1S/C20H22F3N3O4/c1-10(2)24-5-7-25(8-6-24)18-15(22)14(21)13-17(16(18)23)26(11-3-4-11)9-12(19(13)27)30-20(28)29/h9-11H,3-8H2,1-2H3,(H,28,29). The van der Waals surface area contributed by atoms with Crippen LogP contribution in [0.5, 0.6) is 5.75 Å². The summed E-state index contributed by atoms with van der Waals surface area (Å²) in [6.45, 7) is 5.80. The summed E-state index contributed by atoms with van der Waals surface area (Å²) >= 11 is 0. The fourth-order valence-electron chi connectivity index (χ4n) is 4.01. The molecule has 1 aromatic carbocycles. The van der Waals surface area contributed by atoms with Crippen LogP contribution in [-0.4, -0.2) is 52.9 Å². The Morgan fingerprint density at radius 2 is 1.73 bits per heavy atom. The van der Waals surface area contributed by atoms with E-state index in [1.807, 2.05) is 13.8 Å². The number of benzene rings is 1. The van der Waals surface area contributed by atoms with E-state index < -0.39 is 45.9 Å². The van der Waals surface area contributed by atoms with E-state index in [1.165, 1.54) is 9.47 Å². The molecule has 1 aliphatic heterocycles. The van der Waals surface area contributed by atoms with Crippen LogP contribution in [0.3, 0.4) is 0 Å². The van der Waals surface area contributed by atoms with Crippen LogP contribution in [0.15, 0.2) is 11.0 Å². The molecular formula is C20H22F3N3O4. The molecule has 1 aliphatic carbocycles. The number of halogens is 3. The molecule has 0 spiro atoms. The van der Waals surface area contributed by atoms with Gasteiger partial charge < -0.3 is 19.3 Å². The van der Waals surface area contributed by atoms with Gasteiger partial charge in [-0.15, -0.1) is 0 Å². The lowest BCUT2D eigenvalue weighted by atomic mass is 10.1. The summed E-state index contributed by atoms with van der Waals surface area (Å²) in [7, 11) is 0. The number of rotatable bonds is 4. The molecule has 2 aromatic rings. The number of carbonyl (C=O) groups is 1. The molecule has 30 heavy (non-hydrogen) atoms. The first-order valence-corrected chi connectivity index (χ1v) is 9.85. The zero-order chi connectivity index (χ0) is 21.7. The SMILES string of the molecule is CC(C)N1CCN(c2c(F)c(F)c3c(=O)c(OC(=O)O)cn(C4CC4)c3c2F)CC1. The summed E-state index contributed by atoms with van der Waals surface area (Å²) in [5.41, 5.74) is -2.06. The first-order chi connectivity index (χ1) is 14.2. The number of ether oxygens (including phenoxy) is 1. The van der Waals surface area contributed by atoms with Gasteiger partial charge in [-0.2, -0.15) is 0 Å². The lowest BCUT2D eigenvalue weighted by Crippen LogP contribution is -2.49. The number of piperazine rings is 1. The van der Waals surface area contributed by atoms with Crippen LogP contribution in [0.1, 0.15) is 32.7 Å². The molecule has 1 saturated carbocycles. The van der Waals surface area contributed by atoms with E-state index in [0.29, 0.717) is 39.0 Å². The maximum absolute atomic E-state index is 15.6. The third-order valence-corrected chi connectivity index (χ3v) is 5.74. The molecule has 2 heterocycles. The van der Waals surface area contributed by atoms with Gasteiger partial charge in [-0.05, 0) is 26.7 Å². The Balaban J connectivity index is 1.90. The predicted molar refractivity (Wildman–Crippen MR) is 104 cm³/mol. The van der Waals surface area contributed by atoms with Gasteiger partial charge in [0.1, 0.15) is 5.69 Å². The molecule has 0 amide bonds. The highest BCUT2D eigenvalue weighted by Gasteiger charge is 2.34. The quantitative estimate of drug-likeness (QED) is 0.598. The second-order valence-electron chi connectivity index (χ2n) is 7.96. The van der Waals surface area contributed by atoms with Crippen LogP contribution < -0.4 is 15.1 Å². The smallest absolute Gasteiger partial charge is 0.449 e. The fraction of sp³-hybridized carbons (Fsp3) is 0.500. The second kappa shape index (κ2) is 7.50. The maximum atomic E-state index is 15.6. The topological polar surface area (TPSA) is 75.0 Å². The molecule has 0 atom stereocenters. The summed E-state index contributed by atoms with van der Waals surface area (Å²) < 4.78 is 51.4. The van der Waals surface area contributed by atoms with Gasteiger partial charge in [0.25, 0.3) is 0 Å². The highest BCUT2D eigenvalue weighted by molar-refractivity contribution is 5.86. The van der Waals surface area contributed by atoms with Crippen LogP contribution in [0.4, 0.5) is 23.7 Å². The number of carboxylic acid groups (broad SMARTS) is 1. The van der Waals surface area contributed by atoms with Crippen LogP contribution in [0, 0.1) is 17.5 Å². The van der Waals surface area contributed by atoms with E-state index in [-0.39, 0.29) is 17.6 Å². The van der Waals surface area contributed by atoms with E-state index in [0.717, 1.165) is 6.20 Å². The third kappa shape index (κ3) is 3.38. The van der Waals surface area contributed by atoms with Gasteiger partial charge in [-0.3, -0.25) is 9.69 Å². The third-order valence-electron chi connectivity index (χ3n) is 5.74. The number of aromatic nitrogens is 1. The zero-order valence-corrected chi connectivity index (χ0v) is 16.6. The normalized spacial score (nSPS) is 17.7. The Morgan fingerprint density at radius 1 is 1.10 bits per heavy atom. The van der Waals surface area contributed by atoms with Gasteiger partial charge in [0.2, 0.25) is 5.43 Å². The van der Waals surface area contributed by atoms with Crippen LogP contribution in [0.2, 0.25) is 0 Å². The minimum atomic E-state index is -1.77. The largest absolute Gasteiger partial charge is 0.511 e. The molecule has 0 unspecified atom stereocenters. The first-order valence-electron chi connectivity index (χ1n) is 9.85. The number of pyridine rings is 1. The van der Waals surface area contributed by atoms with Crippen LogP contribution in [0.25, 0.3) is 10.9 Å². The molecule has 2 aliphatic rings. The Labute approximate surface area is 170 Å². The highest BCUT2D eigenvalue weighted by atomic mass is 19.2. The van der Waals surface area contributed by atoms with E-state index >= 15 is 8.78 Å². The molecule has 1 N–H and O–H groups in total. The molecule has 0 bridgehead atoms. The summed E-state index contributed by atoms with van der Waals surface area (Å²) in [6.07, 6.45) is 0.586. The van der Waals surface area contributed by atoms with Gasteiger partial charge >= 0.3 is 6.16 Å². The predicted octanol–water partition coefficient (Wildman–Crippen LogP) is 3.34. The van der Waals surface area contributed by atoms with Crippen molar-refractivity contribution in [2.24, 2.45) is 0 Å². The van der Waals surface area contributed by atoms with Crippen LogP contribution in [-0.2, 0) is 0 Å². The van der Waals surface area contributed by atoms with Crippen molar-refractivity contribution in [1.82, 2.24) is 9.47 Å². The fourth-order valence-corrected chi connectivity index (χ4v) is 4.01. The van der Waals surface area contributed by atoms with Crippen molar-refractivity contribution in [2.75, 3.05) is 31.1 Å². The zero-order valence-electron chi connectivity index (χ0n) is 16.6. The molecule has 4 rings (SSSR count). The van der Waals surface area contributed by atoms with Gasteiger partial charge in [0.15, 0.2) is 23.2 Å². The minimum Gasteiger partial charge on any atom is -0.449 e. The average Bonchev–Trinajstić information content (AvgIpc) is 3.53. The first kappa shape index (κ1) is 20.5. The molecule has 1 saturated heterocycles. The van der Waals surface area contributed by atoms with Gasteiger partial charge in [-0.25, -0.2) is 18.0 Å². The van der Waals surface area contributed by atoms with Gasteiger partial charge in [0.05, 0.1) is 17.1 Å². The number of anilines is 1. The van der Waals surface area contributed by atoms with Gasteiger partial charge in [-0.1, -0.05) is 0 Å². The number of hydrogen-bond acceptors (Lipinski definition) is 5. The Bertz CT molecular complexity index is 1070. The lowest BCUT2D eigenvalue weighted by Gasteiger charge is -2.38. The summed E-state index contributed by atoms with van der Waals surface area (Å²) in [6, 6.07) is 0.0390. The summed E-state index contributed by atoms with van der Waals surface area (Å²) in [4.78, 5) is 27.1. The van der Waals surface area contributed by atoms with Crippen molar-refractivity contribution >= 4 is 22.7 Å². The van der Waals surface area contributed by atoms with Crippen molar-refractivity contribution in [3.05, 3.63) is 33.9 Å². The molecule has 1 aromatic heterocycles. The van der Waals surface area contributed by atoms with Crippen molar-refractivity contribution in [3.63, 3.8) is 0 Å². The molecular weight excluding hydrogens is 403 g/mol. The van der Waals surface area contributed by atoms with E-state index in [4.69, 9.17) is 5.11 Å². The molecule has 0 radical (unpaired) electrons. The van der Waals surface area contributed by atoms with Crippen molar-refractivity contribution in [2.45, 2.75) is 38.8 Å². The maximum Gasteiger partial charge on any atom is 0.511 e. The number of nitrogens with zero attached hydrogens (tertiary/aromatic N) is 3. The molecule has 2 fully saturated rings. The Hall–Kier alpha value is -2.75. The molecule has 10 heteroatoms. The van der Waals surface area contributed by atoms with Crippen LogP contribution >= 0.6 is 0 Å². The van der Waals surface area contributed by atoms with E-state index in [9.17, 15) is 14.0 Å². The van der Waals surface area contributed by atoms with Gasteiger partial charge in [0, 0.05) is 38.3 Å². The monoisotopic (exact) mass is 425 g/mol. The summed E-state index contributed by atoms with van der Waals surface area (Å²) in [5, 5.41) is 8.01. The lowest BCUT2D eigenvalue weighted by molar-refractivity contribution is 0.143. The average molecular weight is 425 g/mol.